The molecule has 3 rings (SSSR count). The molecule has 1 aromatic carbocycles. The van der Waals surface area contributed by atoms with E-state index in [1.165, 1.54) is 36.9 Å². The van der Waals surface area contributed by atoms with Gasteiger partial charge in [-0.2, -0.15) is 0 Å². The minimum atomic E-state index is -1.10. The molecule has 0 fully saturated rings. The van der Waals surface area contributed by atoms with Gasteiger partial charge in [0.15, 0.2) is 5.44 Å². The number of esters is 2. The van der Waals surface area contributed by atoms with Gasteiger partial charge in [-0.15, -0.1) is 11.8 Å². The largest absolute Gasteiger partial charge is 0.463 e. The van der Waals surface area contributed by atoms with E-state index in [4.69, 9.17) is 14.2 Å². The number of aromatic nitrogens is 2. The summed E-state index contributed by atoms with van der Waals surface area (Å²) >= 11 is 1.12. The predicted octanol–water partition coefficient (Wildman–Crippen LogP) is 3.51. The molecule has 1 aliphatic heterocycles. The summed E-state index contributed by atoms with van der Waals surface area (Å²) in [5.74, 6) is -2.59. The van der Waals surface area contributed by atoms with Gasteiger partial charge >= 0.3 is 18.0 Å². The average molecular weight is 531 g/mol. The van der Waals surface area contributed by atoms with Crippen molar-refractivity contribution in [2.75, 3.05) is 19.5 Å². The normalized spacial score (nSPS) is 16.1. The fraction of sp³-hybridized carbons (Fsp3) is 0.333. The van der Waals surface area contributed by atoms with Crippen molar-refractivity contribution in [1.82, 2.24) is 14.9 Å². The summed E-state index contributed by atoms with van der Waals surface area (Å²) in [5, 5.41) is 14.5. The molecule has 1 aromatic heterocycles. The Morgan fingerprint density at radius 3 is 2.43 bits per heavy atom. The van der Waals surface area contributed by atoms with Crippen LogP contribution in [0.4, 0.5) is 10.5 Å². The number of benzene rings is 1. The number of nitrogens with one attached hydrogen (secondary N) is 1. The fourth-order valence-corrected chi connectivity index (χ4v) is 4.45. The first-order chi connectivity index (χ1) is 17.7. The number of nitro benzene ring substituents is 1. The third-order valence-corrected chi connectivity index (χ3v) is 6.13. The maximum atomic E-state index is 13.4. The molecule has 2 aromatic rings. The van der Waals surface area contributed by atoms with Crippen LogP contribution in [0.25, 0.3) is 0 Å². The van der Waals surface area contributed by atoms with Crippen molar-refractivity contribution in [3.8, 4) is 0 Å². The molecule has 12 nitrogen and oxygen atoms in total. The van der Waals surface area contributed by atoms with Crippen LogP contribution in [0.2, 0.25) is 0 Å². The van der Waals surface area contributed by atoms with Crippen LogP contribution in [-0.4, -0.2) is 57.4 Å². The molecule has 0 saturated carbocycles. The summed E-state index contributed by atoms with van der Waals surface area (Å²) in [6.07, 6.45) is 5.01. The molecule has 37 heavy (non-hydrogen) atoms. The lowest BCUT2D eigenvalue weighted by atomic mass is 9.80. The van der Waals surface area contributed by atoms with Gasteiger partial charge in [0, 0.05) is 30.2 Å². The summed E-state index contributed by atoms with van der Waals surface area (Å²) in [5.41, 5.74) is -0.427. The van der Waals surface area contributed by atoms with Gasteiger partial charge in [-0.1, -0.05) is 12.1 Å². The molecule has 2 atom stereocenters. The van der Waals surface area contributed by atoms with Crippen molar-refractivity contribution >= 4 is 35.5 Å². The number of rotatable bonds is 9. The SMILES string of the molecule is CCOC(=O)C1=C(C)NC(C(OC(=O)n2ccnc2)SC)=C(C(=O)OCC)C1c1cccc([N+](=O)[O-])c1. The van der Waals surface area contributed by atoms with Crippen molar-refractivity contribution in [2.45, 2.75) is 32.1 Å². The molecule has 196 valence electrons. The summed E-state index contributed by atoms with van der Waals surface area (Å²) in [6, 6.07) is 5.61. The number of hydrogen-bond acceptors (Lipinski definition) is 11. The predicted molar refractivity (Wildman–Crippen MR) is 133 cm³/mol. The molecular formula is C24H26N4O8S. The molecule has 0 radical (unpaired) electrons. The number of ether oxygens (including phenoxy) is 3. The molecule has 2 heterocycles. The van der Waals surface area contributed by atoms with Crippen LogP contribution in [0.3, 0.4) is 0 Å². The van der Waals surface area contributed by atoms with Gasteiger partial charge in [0.2, 0.25) is 0 Å². The van der Waals surface area contributed by atoms with E-state index in [0.717, 1.165) is 16.3 Å². The Balaban J connectivity index is 2.24. The van der Waals surface area contributed by atoms with Crippen LogP contribution in [0.15, 0.2) is 65.5 Å². The monoisotopic (exact) mass is 530 g/mol. The quantitative estimate of drug-likeness (QED) is 0.167. The molecule has 0 bridgehead atoms. The van der Waals surface area contributed by atoms with Crippen LogP contribution in [0.5, 0.6) is 0 Å². The third kappa shape index (κ3) is 6.00. The number of thioether (sulfide) groups is 1. The number of allylic oxidation sites excluding steroid dienone is 1. The lowest BCUT2D eigenvalue weighted by molar-refractivity contribution is -0.384. The molecule has 0 amide bonds. The molecule has 13 heteroatoms. The summed E-state index contributed by atoms with van der Waals surface area (Å²) < 4.78 is 17.4. The van der Waals surface area contributed by atoms with Gasteiger partial charge in [0.25, 0.3) is 5.69 Å². The molecule has 0 spiro atoms. The van der Waals surface area contributed by atoms with E-state index in [1.54, 1.807) is 33.1 Å². The first-order valence-electron chi connectivity index (χ1n) is 11.3. The second-order valence-corrected chi connectivity index (χ2v) is 8.54. The maximum absolute atomic E-state index is 13.4. The highest BCUT2D eigenvalue weighted by molar-refractivity contribution is 7.99. The van der Waals surface area contributed by atoms with Gasteiger partial charge in [-0.3, -0.25) is 10.1 Å². The number of non-ortho nitro benzene ring substituents is 1. The average Bonchev–Trinajstić information content (AvgIpc) is 3.42. The standard InChI is InChI=1S/C24H26N4O8S/c1-5-34-21(29)17-14(3)26-20(23(37-4)36-24(31)27-11-10-25-13-27)19(22(30)35-6-2)18(17)15-8-7-9-16(12-15)28(32)33/h7-13,18,23,26H,5-6H2,1-4H3. The second kappa shape index (κ2) is 12.2. The number of nitro groups is 1. The minimum absolute atomic E-state index is 0.0213. The van der Waals surface area contributed by atoms with Crippen LogP contribution in [0, 0.1) is 10.1 Å². The zero-order valence-electron chi connectivity index (χ0n) is 20.6. The Morgan fingerprint density at radius 2 is 1.86 bits per heavy atom. The van der Waals surface area contributed by atoms with Gasteiger partial charge in [-0.25, -0.2) is 23.9 Å². The van der Waals surface area contributed by atoms with Gasteiger partial charge in [0.05, 0.1) is 40.9 Å². The number of imidazole rings is 1. The van der Waals surface area contributed by atoms with Crippen LogP contribution in [0.1, 0.15) is 32.3 Å². The molecule has 1 aliphatic rings. The van der Waals surface area contributed by atoms with Gasteiger partial charge < -0.3 is 19.5 Å². The highest BCUT2D eigenvalue weighted by Gasteiger charge is 2.42. The number of dihydropyridines is 1. The zero-order chi connectivity index (χ0) is 27.1. The lowest BCUT2D eigenvalue weighted by Gasteiger charge is -2.33. The molecular weight excluding hydrogens is 504 g/mol. The van der Waals surface area contributed by atoms with E-state index in [1.807, 2.05) is 0 Å². The number of hydrogen-bond donors (Lipinski definition) is 1. The minimum Gasteiger partial charge on any atom is -0.463 e. The van der Waals surface area contributed by atoms with Crippen molar-refractivity contribution in [1.29, 1.82) is 0 Å². The van der Waals surface area contributed by atoms with Gasteiger partial charge in [-0.05, 0) is 32.6 Å². The van der Waals surface area contributed by atoms with Crippen LogP contribution < -0.4 is 5.32 Å². The Labute approximate surface area is 216 Å². The molecule has 0 saturated heterocycles. The van der Waals surface area contributed by atoms with E-state index in [-0.39, 0.29) is 35.7 Å². The highest BCUT2D eigenvalue weighted by atomic mass is 32.2. The Bertz CT molecular complexity index is 1260. The lowest BCUT2D eigenvalue weighted by Crippen LogP contribution is -2.38. The second-order valence-electron chi connectivity index (χ2n) is 7.64. The van der Waals surface area contributed by atoms with Crippen molar-refractivity contribution in [2.24, 2.45) is 0 Å². The van der Waals surface area contributed by atoms with E-state index in [9.17, 15) is 24.5 Å². The zero-order valence-corrected chi connectivity index (χ0v) is 21.4. The first kappa shape index (κ1) is 27.5. The summed E-state index contributed by atoms with van der Waals surface area (Å²) in [7, 11) is 0. The number of nitrogens with zero attached hydrogens (tertiary/aromatic N) is 3. The van der Waals surface area contributed by atoms with Crippen LogP contribution in [-0.2, 0) is 23.8 Å². The third-order valence-electron chi connectivity index (χ3n) is 5.37. The fourth-order valence-electron chi connectivity index (χ4n) is 3.85. The molecule has 0 aliphatic carbocycles. The van der Waals surface area contributed by atoms with E-state index >= 15 is 0 Å². The van der Waals surface area contributed by atoms with E-state index in [0.29, 0.717) is 11.3 Å². The Hall–Kier alpha value is -4.13. The smallest absolute Gasteiger partial charge is 0.420 e. The number of carbonyl (C=O) groups is 3. The molecule has 2 unspecified atom stereocenters. The molecule has 1 N–H and O–H groups in total. The Morgan fingerprint density at radius 1 is 1.19 bits per heavy atom. The van der Waals surface area contributed by atoms with E-state index < -0.39 is 34.3 Å². The Kier molecular flexibility index (Phi) is 9.06. The summed E-state index contributed by atoms with van der Waals surface area (Å²) in [4.78, 5) is 53.9. The number of carbonyl (C=O) groups excluding carboxylic acids is 3. The summed E-state index contributed by atoms with van der Waals surface area (Å²) in [6.45, 7) is 4.95. The highest BCUT2D eigenvalue weighted by Crippen LogP contribution is 2.42. The van der Waals surface area contributed by atoms with Crippen molar-refractivity contribution in [3.05, 3.63) is 81.2 Å². The van der Waals surface area contributed by atoms with Crippen LogP contribution >= 0.6 is 11.8 Å². The van der Waals surface area contributed by atoms with E-state index in [2.05, 4.69) is 10.3 Å². The van der Waals surface area contributed by atoms with Crippen molar-refractivity contribution < 1.29 is 33.5 Å². The van der Waals surface area contributed by atoms with Crippen molar-refractivity contribution in [3.63, 3.8) is 0 Å². The first-order valence-corrected chi connectivity index (χ1v) is 12.5. The topological polar surface area (TPSA) is 152 Å². The maximum Gasteiger partial charge on any atom is 0.420 e. The van der Waals surface area contributed by atoms with Gasteiger partial charge in [0.1, 0.15) is 6.33 Å².